The summed E-state index contributed by atoms with van der Waals surface area (Å²) in [7, 11) is 0. The highest BCUT2D eigenvalue weighted by Crippen LogP contribution is 2.30. The van der Waals surface area contributed by atoms with Gasteiger partial charge >= 0.3 is 0 Å². The molecule has 0 saturated carbocycles. The summed E-state index contributed by atoms with van der Waals surface area (Å²) in [5.74, 6) is 0.526. The molecule has 9 nitrogen and oxygen atoms in total. The molecule has 0 bridgehead atoms. The number of anilines is 1. The van der Waals surface area contributed by atoms with Crippen LogP contribution in [0.3, 0.4) is 0 Å². The number of likely N-dealkylation sites (tertiary alicyclic amines) is 1. The van der Waals surface area contributed by atoms with Gasteiger partial charge in [-0.3, -0.25) is 4.98 Å². The fourth-order valence-corrected chi connectivity index (χ4v) is 4.15. The van der Waals surface area contributed by atoms with E-state index in [1.807, 2.05) is 29.8 Å². The van der Waals surface area contributed by atoms with Gasteiger partial charge in [0.05, 0.1) is 30.1 Å². The summed E-state index contributed by atoms with van der Waals surface area (Å²) in [4.78, 5) is 16.0. The average Bonchev–Trinajstić information content (AvgIpc) is 3.21. The molecular weight excluding hydrogens is 380 g/mol. The maximum atomic E-state index is 9.18. The molecule has 1 fully saturated rings. The van der Waals surface area contributed by atoms with Gasteiger partial charge in [-0.15, -0.1) is 5.10 Å². The van der Waals surface area contributed by atoms with E-state index in [0.29, 0.717) is 5.82 Å². The highest BCUT2D eigenvalue weighted by molar-refractivity contribution is 5.99. The molecule has 0 spiro atoms. The highest BCUT2D eigenvalue weighted by Gasteiger charge is 2.24. The van der Waals surface area contributed by atoms with Gasteiger partial charge in [-0.25, -0.2) is 14.6 Å². The lowest BCUT2D eigenvalue weighted by atomic mass is 10.0. The Hall–Kier alpha value is -3.17. The zero-order valence-electron chi connectivity index (χ0n) is 16.9. The molecule has 0 atom stereocenters. The Morgan fingerprint density at radius 3 is 2.73 bits per heavy atom. The first-order valence-electron chi connectivity index (χ1n) is 10.2. The van der Waals surface area contributed by atoms with Crippen LogP contribution < -0.4 is 5.73 Å². The van der Waals surface area contributed by atoms with Gasteiger partial charge in [0.1, 0.15) is 22.4 Å². The Bertz CT molecular complexity index is 1210. The Kier molecular flexibility index (Phi) is 4.76. The van der Waals surface area contributed by atoms with E-state index < -0.39 is 0 Å². The van der Waals surface area contributed by atoms with E-state index in [4.69, 9.17) is 10.7 Å². The molecule has 5 heterocycles. The molecule has 3 N–H and O–H groups in total. The number of rotatable bonds is 4. The molecule has 0 unspecified atom stereocenters. The zero-order valence-corrected chi connectivity index (χ0v) is 16.9. The molecule has 1 saturated heterocycles. The standard InChI is InChI=1S/C21H24N8O/c1-13-10-14(11-24-21(13)22)16-2-3-17-19(25-16)20-18(12-23-17)26-27-29(20)15-4-6-28(7-5-15)8-9-30/h2-3,10-12,15,30H,4-9H2,1H3,(H2,22,24). The van der Waals surface area contributed by atoms with Crippen LogP contribution in [0.1, 0.15) is 24.4 Å². The molecule has 30 heavy (non-hydrogen) atoms. The smallest absolute Gasteiger partial charge is 0.133 e. The van der Waals surface area contributed by atoms with Gasteiger partial charge in [0, 0.05) is 31.4 Å². The number of fused-ring (bicyclic) bond motifs is 3. The van der Waals surface area contributed by atoms with E-state index in [-0.39, 0.29) is 12.6 Å². The number of aliphatic hydroxyl groups is 1. The van der Waals surface area contributed by atoms with Crippen LogP contribution in [0.15, 0.2) is 30.6 Å². The van der Waals surface area contributed by atoms with Gasteiger partial charge in [0.2, 0.25) is 0 Å². The number of nitrogens with two attached hydrogens (primary N) is 1. The second kappa shape index (κ2) is 7.58. The molecular formula is C21H24N8O. The molecule has 5 rings (SSSR count). The van der Waals surface area contributed by atoms with Crippen LogP contribution in [0.4, 0.5) is 5.82 Å². The van der Waals surface area contributed by atoms with Gasteiger partial charge in [-0.1, -0.05) is 5.21 Å². The van der Waals surface area contributed by atoms with Crippen LogP contribution in [-0.2, 0) is 0 Å². The number of aryl methyl sites for hydroxylation is 1. The summed E-state index contributed by atoms with van der Waals surface area (Å²) < 4.78 is 2.01. The number of hydrogen-bond acceptors (Lipinski definition) is 8. The maximum absolute atomic E-state index is 9.18. The minimum atomic E-state index is 0.194. The normalized spacial score (nSPS) is 15.9. The second-order valence-corrected chi connectivity index (χ2v) is 7.81. The lowest BCUT2D eigenvalue weighted by Crippen LogP contribution is -2.36. The number of aromatic nitrogens is 6. The number of hydrogen-bond donors (Lipinski definition) is 2. The second-order valence-electron chi connectivity index (χ2n) is 7.81. The molecule has 1 aliphatic rings. The Balaban J connectivity index is 1.58. The van der Waals surface area contributed by atoms with Gasteiger partial charge in [-0.2, -0.15) is 0 Å². The lowest BCUT2D eigenvalue weighted by molar-refractivity contribution is 0.146. The molecule has 4 aromatic rings. The van der Waals surface area contributed by atoms with Crippen molar-refractivity contribution < 1.29 is 5.11 Å². The maximum Gasteiger partial charge on any atom is 0.133 e. The number of β-amino-alcohol motifs (C(OH)–C–C–N with tert-alkyl or cyclic N) is 1. The molecule has 154 valence electrons. The first-order chi connectivity index (χ1) is 14.6. The third-order valence-corrected chi connectivity index (χ3v) is 5.88. The Morgan fingerprint density at radius 1 is 1.13 bits per heavy atom. The van der Waals surface area contributed by atoms with Crippen LogP contribution in [0.2, 0.25) is 0 Å². The predicted molar refractivity (Wildman–Crippen MR) is 115 cm³/mol. The molecule has 0 radical (unpaired) electrons. The largest absolute Gasteiger partial charge is 0.395 e. The number of aliphatic hydroxyl groups excluding tert-OH is 1. The Labute approximate surface area is 173 Å². The zero-order chi connectivity index (χ0) is 20.7. The summed E-state index contributed by atoms with van der Waals surface area (Å²) in [5.41, 5.74) is 11.8. The SMILES string of the molecule is Cc1cc(-c2ccc3ncc4nnn(C5CCN(CCO)CC5)c4c3n2)cnc1N. The lowest BCUT2D eigenvalue weighted by Gasteiger charge is -2.31. The van der Waals surface area contributed by atoms with Crippen molar-refractivity contribution in [1.82, 2.24) is 34.8 Å². The average molecular weight is 404 g/mol. The van der Waals surface area contributed by atoms with E-state index in [2.05, 4.69) is 25.2 Å². The Morgan fingerprint density at radius 2 is 1.97 bits per heavy atom. The van der Waals surface area contributed by atoms with Crippen molar-refractivity contribution in [2.24, 2.45) is 0 Å². The highest BCUT2D eigenvalue weighted by atomic mass is 16.3. The molecule has 0 aromatic carbocycles. The van der Waals surface area contributed by atoms with Gasteiger partial charge in [-0.05, 0) is 43.5 Å². The first kappa shape index (κ1) is 18.8. The molecule has 1 aliphatic heterocycles. The number of nitrogen functional groups attached to an aromatic ring is 1. The van der Waals surface area contributed by atoms with Crippen LogP contribution in [0.5, 0.6) is 0 Å². The fourth-order valence-electron chi connectivity index (χ4n) is 4.15. The minimum absolute atomic E-state index is 0.194. The number of nitrogens with zero attached hydrogens (tertiary/aromatic N) is 7. The van der Waals surface area contributed by atoms with Gasteiger partial charge < -0.3 is 15.7 Å². The summed E-state index contributed by atoms with van der Waals surface area (Å²) in [6, 6.07) is 6.18. The van der Waals surface area contributed by atoms with Crippen molar-refractivity contribution in [2.75, 3.05) is 32.0 Å². The molecule has 9 heteroatoms. The monoisotopic (exact) mass is 404 g/mol. The first-order valence-corrected chi connectivity index (χ1v) is 10.2. The third-order valence-electron chi connectivity index (χ3n) is 5.88. The van der Waals surface area contributed by atoms with Crippen molar-refractivity contribution in [3.8, 4) is 11.3 Å². The summed E-state index contributed by atoms with van der Waals surface area (Å²) in [6.45, 7) is 4.72. The minimum Gasteiger partial charge on any atom is -0.395 e. The molecule has 4 aromatic heterocycles. The summed E-state index contributed by atoms with van der Waals surface area (Å²) in [6.07, 6.45) is 5.43. The molecule has 0 aliphatic carbocycles. The topological polar surface area (TPSA) is 119 Å². The fraction of sp³-hybridized carbons (Fsp3) is 0.381. The van der Waals surface area contributed by atoms with Crippen LogP contribution >= 0.6 is 0 Å². The van der Waals surface area contributed by atoms with Crippen molar-refractivity contribution >= 4 is 27.9 Å². The van der Waals surface area contributed by atoms with Crippen molar-refractivity contribution in [1.29, 1.82) is 0 Å². The van der Waals surface area contributed by atoms with E-state index in [1.165, 1.54) is 0 Å². The summed E-state index contributed by atoms with van der Waals surface area (Å²) >= 11 is 0. The van der Waals surface area contributed by atoms with Crippen LogP contribution in [-0.4, -0.2) is 66.2 Å². The van der Waals surface area contributed by atoms with E-state index in [9.17, 15) is 5.11 Å². The van der Waals surface area contributed by atoms with Gasteiger partial charge in [0.15, 0.2) is 0 Å². The van der Waals surface area contributed by atoms with Gasteiger partial charge in [0.25, 0.3) is 0 Å². The van der Waals surface area contributed by atoms with E-state index in [0.717, 1.165) is 71.4 Å². The van der Waals surface area contributed by atoms with Crippen molar-refractivity contribution in [3.05, 3.63) is 36.2 Å². The van der Waals surface area contributed by atoms with Crippen molar-refractivity contribution in [2.45, 2.75) is 25.8 Å². The third kappa shape index (κ3) is 3.25. The predicted octanol–water partition coefficient (Wildman–Crippen LogP) is 1.96. The summed E-state index contributed by atoms with van der Waals surface area (Å²) in [5, 5.41) is 18.0. The van der Waals surface area contributed by atoms with E-state index >= 15 is 0 Å². The quantitative estimate of drug-likeness (QED) is 0.530. The number of piperidine rings is 1. The van der Waals surface area contributed by atoms with Crippen LogP contribution in [0.25, 0.3) is 33.3 Å². The van der Waals surface area contributed by atoms with Crippen molar-refractivity contribution in [3.63, 3.8) is 0 Å². The molecule has 0 amide bonds. The van der Waals surface area contributed by atoms with E-state index in [1.54, 1.807) is 12.4 Å². The van der Waals surface area contributed by atoms with Crippen LogP contribution in [0, 0.1) is 6.92 Å². The number of pyridine rings is 3.